The Morgan fingerprint density at radius 1 is 1.25 bits per heavy atom. The molecule has 1 aliphatic rings. The first-order valence-corrected chi connectivity index (χ1v) is 5.63. The van der Waals surface area contributed by atoms with Crippen LogP contribution in [0.15, 0.2) is 30.7 Å². The van der Waals surface area contributed by atoms with Crippen LogP contribution in [0.3, 0.4) is 0 Å². The molecule has 16 heavy (non-hydrogen) atoms. The third-order valence-corrected chi connectivity index (χ3v) is 3.18. The second kappa shape index (κ2) is 3.83. The van der Waals surface area contributed by atoms with Gasteiger partial charge >= 0.3 is 0 Å². The largest absolute Gasteiger partial charge is 0.260 e. The topological polar surface area (TPSA) is 38.7 Å². The number of halogens is 1. The van der Waals surface area contributed by atoms with Gasteiger partial charge in [-0.3, -0.25) is 4.98 Å². The summed E-state index contributed by atoms with van der Waals surface area (Å²) in [4.78, 5) is 12.6. The van der Waals surface area contributed by atoms with Gasteiger partial charge in [0.1, 0.15) is 11.5 Å². The van der Waals surface area contributed by atoms with Crippen LogP contribution in [0.2, 0.25) is 5.15 Å². The highest BCUT2D eigenvalue weighted by Gasteiger charge is 2.26. The third-order valence-electron chi connectivity index (χ3n) is 2.97. The van der Waals surface area contributed by atoms with Gasteiger partial charge in [-0.05, 0) is 30.5 Å². The zero-order valence-corrected chi connectivity index (χ0v) is 9.35. The molecule has 1 aliphatic carbocycles. The van der Waals surface area contributed by atoms with Gasteiger partial charge in [-0.2, -0.15) is 0 Å². The molecule has 2 aromatic heterocycles. The van der Waals surface area contributed by atoms with E-state index >= 15 is 0 Å². The van der Waals surface area contributed by atoms with E-state index in [1.807, 2.05) is 18.3 Å². The van der Waals surface area contributed by atoms with Crippen molar-refractivity contribution in [1.29, 1.82) is 0 Å². The Morgan fingerprint density at radius 3 is 3.06 bits per heavy atom. The molecule has 0 aromatic carbocycles. The Balaban J connectivity index is 2.05. The number of nitrogens with zero attached hydrogens (tertiary/aromatic N) is 3. The predicted octanol–water partition coefficient (Wildman–Crippen LogP) is 2.60. The normalized spacial score (nSPS) is 18.4. The summed E-state index contributed by atoms with van der Waals surface area (Å²) in [7, 11) is 0. The lowest BCUT2D eigenvalue weighted by Crippen LogP contribution is -2.01. The van der Waals surface area contributed by atoms with Crippen molar-refractivity contribution in [3.05, 3.63) is 52.8 Å². The molecule has 3 rings (SSSR count). The van der Waals surface area contributed by atoms with Crippen molar-refractivity contribution in [3.63, 3.8) is 0 Å². The molecule has 0 fully saturated rings. The predicted molar refractivity (Wildman–Crippen MR) is 61.4 cm³/mol. The summed E-state index contributed by atoms with van der Waals surface area (Å²) in [5, 5.41) is 0.495. The summed E-state index contributed by atoms with van der Waals surface area (Å²) < 4.78 is 0. The fourth-order valence-electron chi connectivity index (χ4n) is 2.24. The molecule has 0 amide bonds. The molecule has 80 valence electrons. The molecule has 0 bridgehead atoms. The van der Waals surface area contributed by atoms with E-state index < -0.39 is 0 Å². The van der Waals surface area contributed by atoms with E-state index in [9.17, 15) is 0 Å². The minimum absolute atomic E-state index is 0.275. The van der Waals surface area contributed by atoms with Crippen LogP contribution in [0.1, 0.15) is 29.3 Å². The first-order chi connectivity index (χ1) is 7.84. The summed E-state index contributed by atoms with van der Waals surface area (Å²) in [6.07, 6.45) is 5.47. The van der Waals surface area contributed by atoms with Crippen molar-refractivity contribution >= 4 is 11.6 Å². The fraction of sp³-hybridized carbons (Fsp3) is 0.250. The number of fused-ring (bicyclic) bond motifs is 1. The molecule has 0 saturated carbocycles. The summed E-state index contributed by atoms with van der Waals surface area (Å²) in [5.74, 6) is 0.275. The standard InChI is InChI=1S/C12H10ClN3/c13-11-6-10(15-7-16-11)9-4-3-8-2-1-5-14-12(8)9/h1-2,5-7,9H,3-4H2. The van der Waals surface area contributed by atoms with Crippen LogP contribution in [0.4, 0.5) is 0 Å². The second-order valence-electron chi connectivity index (χ2n) is 3.90. The van der Waals surface area contributed by atoms with Crippen LogP contribution in [0, 0.1) is 0 Å². The van der Waals surface area contributed by atoms with Crippen molar-refractivity contribution in [2.45, 2.75) is 18.8 Å². The van der Waals surface area contributed by atoms with E-state index in [1.54, 1.807) is 0 Å². The smallest absolute Gasteiger partial charge is 0.132 e. The summed E-state index contributed by atoms with van der Waals surface area (Å²) in [5.41, 5.74) is 3.43. The molecular weight excluding hydrogens is 222 g/mol. The number of aromatic nitrogens is 3. The number of hydrogen-bond donors (Lipinski definition) is 0. The maximum Gasteiger partial charge on any atom is 0.132 e. The molecule has 1 unspecified atom stereocenters. The van der Waals surface area contributed by atoms with Gasteiger partial charge in [0.05, 0.1) is 11.4 Å². The van der Waals surface area contributed by atoms with Crippen LogP contribution >= 0.6 is 11.6 Å². The van der Waals surface area contributed by atoms with Gasteiger partial charge in [0.2, 0.25) is 0 Å². The molecule has 0 aliphatic heterocycles. The molecule has 3 nitrogen and oxygen atoms in total. The number of aryl methyl sites for hydroxylation is 1. The van der Waals surface area contributed by atoms with Crippen molar-refractivity contribution in [3.8, 4) is 0 Å². The molecule has 4 heteroatoms. The molecule has 0 saturated heterocycles. The van der Waals surface area contributed by atoms with Gasteiger partial charge in [-0.15, -0.1) is 0 Å². The zero-order valence-electron chi connectivity index (χ0n) is 8.60. The van der Waals surface area contributed by atoms with Crippen LogP contribution in [0.5, 0.6) is 0 Å². The summed E-state index contributed by atoms with van der Waals surface area (Å²) >= 11 is 5.88. The quantitative estimate of drug-likeness (QED) is 0.709. The maximum absolute atomic E-state index is 5.88. The lowest BCUT2D eigenvalue weighted by atomic mass is 10.0. The monoisotopic (exact) mass is 231 g/mol. The molecule has 0 spiro atoms. The maximum atomic E-state index is 5.88. The molecule has 1 atom stereocenters. The molecule has 0 N–H and O–H groups in total. The van der Waals surface area contributed by atoms with E-state index in [-0.39, 0.29) is 5.92 Å². The summed E-state index contributed by atoms with van der Waals surface area (Å²) in [6, 6.07) is 5.94. The lowest BCUT2D eigenvalue weighted by molar-refractivity contribution is 0.742. The number of hydrogen-bond acceptors (Lipinski definition) is 3. The molecule has 0 radical (unpaired) electrons. The first kappa shape index (κ1) is 9.73. The Morgan fingerprint density at radius 2 is 2.19 bits per heavy atom. The van der Waals surface area contributed by atoms with Crippen LogP contribution in [-0.4, -0.2) is 15.0 Å². The van der Waals surface area contributed by atoms with Gasteiger partial charge < -0.3 is 0 Å². The minimum atomic E-state index is 0.275. The molecule has 2 aromatic rings. The van der Waals surface area contributed by atoms with Gasteiger partial charge in [-0.1, -0.05) is 17.7 Å². The lowest BCUT2D eigenvalue weighted by Gasteiger charge is -2.09. The third kappa shape index (κ3) is 1.57. The average Bonchev–Trinajstić information content (AvgIpc) is 2.72. The van der Waals surface area contributed by atoms with Gasteiger partial charge in [0, 0.05) is 12.1 Å². The van der Waals surface area contributed by atoms with E-state index in [4.69, 9.17) is 11.6 Å². The SMILES string of the molecule is Clc1cc(C2CCc3cccnc32)ncn1. The van der Waals surface area contributed by atoms with E-state index in [0.29, 0.717) is 5.15 Å². The fourth-order valence-corrected chi connectivity index (χ4v) is 2.39. The van der Waals surface area contributed by atoms with E-state index in [0.717, 1.165) is 24.2 Å². The molecular formula is C12H10ClN3. The van der Waals surface area contributed by atoms with Crippen molar-refractivity contribution in [2.75, 3.05) is 0 Å². The van der Waals surface area contributed by atoms with Gasteiger partial charge in [0.25, 0.3) is 0 Å². The van der Waals surface area contributed by atoms with Crippen LogP contribution in [0.25, 0.3) is 0 Å². The minimum Gasteiger partial charge on any atom is -0.260 e. The van der Waals surface area contributed by atoms with Crippen molar-refractivity contribution in [2.24, 2.45) is 0 Å². The van der Waals surface area contributed by atoms with Crippen molar-refractivity contribution < 1.29 is 0 Å². The highest BCUT2D eigenvalue weighted by molar-refractivity contribution is 6.29. The average molecular weight is 232 g/mol. The number of pyridine rings is 1. The Bertz CT molecular complexity index is 527. The second-order valence-corrected chi connectivity index (χ2v) is 4.29. The first-order valence-electron chi connectivity index (χ1n) is 5.26. The zero-order chi connectivity index (χ0) is 11.0. The van der Waals surface area contributed by atoms with Crippen LogP contribution < -0.4 is 0 Å². The highest BCUT2D eigenvalue weighted by Crippen LogP contribution is 2.35. The Labute approximate surface area is 98.5 Å². The highest BCUT2D eigenvalue weighted by atomic mass is 35.5. The van der Waals surface area contributed by atoms with Gasteiger partial charge in [0.15, 0.2) is 0 Å². The Kier molecular flexibility index (Phi) is 2.33. The van der Waals surface area contributed by atoms with E-state index in [1.165, 1.54) is 11.9 Å². The van der Waals surface area contributed by atoms with Gasteiger partial charge in [-0.25, -0.2) is 9.97 Å². The van der Waals surface area contributed by atoms with E-state index in [2.05, 4.69) is 21.0 Å². The number of rotatable bonds is 1. The van der Waals surface area contributed by atoms with Crippen LogP contribution in [-0.2, 0) is 6.42 Å². The summed E-state index contributed by atoms with van der Waals surface area (Å²) in [6.45, 7) is 0. The molecule has 2 heterocycles. The Hall–Kier alpha value is -1.48. The van der Waals surface area contributed by atoms with Crippen molar-refractivity contribution in [1.82, 2.24) is 15.0 Å².